The fraction of sp³-hybridized carbons (Fsp3) is 0.615. The van der Waals surface area contributed by atoms with Gasteiger partial charge in [-0.3, -0.25) is 9.59 Å². The lowest BCUT2D eigenvalue weighted by Crippen LogP contribution is -2.30. The van der Waals surface area contributed by atoms with Gasteiger partial charge in [-0.1, -0.05) is 0 Å². The highest BCUT2D eigenvalue weighted by molar-refractivity contribution is 5.69. The molecule has 0 aliphatic carbocycles. The summed E-state index contributed by atoms with van der Waals surface area (Å²) in [6.07, 6.45) is 1.40. The number of esters is 1. The van der Waals surface area contributed by atoms with Crippen LogP contribution in [0.1, 0.15) is 27.7 Å². The molecule has 0 atom stereocenters. The summed E-state index contributed by atoms with van der Waals surface area (Å²) < 4.78 is 6.09. The molecule has 19 heavy (non-hydrogen) atoms. The third-order valence-electron chi connectivity index (χ3n) is 2.63. The van der Waals surface area contributed by atoms with Crippen LogP contribution in [0.3, 0.4) is 0 Å². The summed E-state index contributed by atoms with van der Waals surface area (Å²) in [6, 6.07) is 1.49. The number of ether oxygens (including phenoxy) is 1. The monoisotopic (exact) mass is 267 g/mol. The number of nitrogens with zero attached hydrogens (tertiary/aromatic N) is 3. The van der Waals surface area contributed by atoms with Crippen molar-refractivity contribution < 1.29 is 9.53 Å². The second-order valence-corrected chi connectivity index (χ2v) is 4.42. The van der Waals surface area contributed by atoms with Crippen LogP contribution in [0.15, 0.2) is 17.1 Å². The van der Waals surface area contributed by atoms with Crippen molar-refractivity contribution in [1.82, 2.24) is 9.78 Å². The molecule has 0 bridgehead atoms. The molecule has 0 saturated carbocycles. The van der Waals surface area contributed by atoms with E-state index in [1.807, 2.05) is 18.7 Å². The maximum absolute atomic E-state index is 11.9. The zero-order valence-electron chi connectivity index (χ0n) is 11.9. The highest BCUT2D eigenvalue weighted by Gasteiger charge is 2.10. The van der Waals surface area contributed by atoms with E-state index in [0.29, 0.717) is 0 Å². The van der Waals surface area contributed by atoms with Crippen molar-refractivity contribution in [3.63, 3.8) is 0 Å². The fourth-order valence-electron chi connectivity index (χ4n) is 1.73. The number of hydrogen-bond acceptors (Lipinski definition) is 5. The normalized spacial score (nSPS) is 10.6. The van der Waals surface area contributed by atoms with Crippen molar-refractivity contribution in [1.29, 1.82) is 0 Å². The molecule has 0 saturated heterocycles. The molecule has 1 aromatic heterocycles. The van der Waals surface area contributed by atoms with E-state index < -0.39 is 5.97 Å². The van der Waals surface area contributed by atoms with Gasteiger partial charge in [0.15, 0.2) is 0 Å². The molecule has 0 aliphatic heterocycles. The zero-order chi connectivity index (χ0) is 14.4. The number of carbonyl (C=O) groups excluding carboxylic acids is 1. The second kappa shape index (κ2) is 6.92. The summed E-state index contributed by atoms with van der Waals surface area (Å²) >= 11 is 0. The van der Waals surface area contributed by atoms with Gasteiger partial charge in [0, 0.05) is 19.2 Å². The molecule has 0 aliphatic rings. The lowest BCUT2D eigenvalue weighted by molar-refractivity contribution is -0.148. The molecule has 0 fully saturated rings. The van der Waals surface area contributed by atoms with E-state index in [4.69, 9.17) is 4.74 Å². The van der Waals surface area contributed by atoms with Gasteiger partial charge < -0.3 is 9.64 Å². The first kappa shape index (κ1) is 15.2. The van der Waals surface area contributed by atoms with Crippen molar-refractivity contribution in [3.8, 4) is 0 Å². The van der Waals surface area contributed by atoms with E-state index in [9.17, 15) is 9.59 Å². The Morgan fingerprint density at radius 2 is 2.05 bits per heavy atom. The van der Waals surface area contributed by atoms with Gasteiger partial charge in [0.05, 0.1) is 18.0 Å². The SMILES string of the molecule is CCN(CC)c1cnn(CC(=O)OC(C)C)c(=O)c1. The van der Waals surface area contributed by atoms with Gasteiger partial charge in [0.2, 0.25) is 0 Å². The quantitative estimate of drug-likeness (QED) is 0.721. The van der Waals surface area contributed by atoms with Gasteiger partial charge in [-0.2, -0.15) is 5.10 Å². The van der Waals surface area contributed by atoms with Gasteiger partial charge in [-0.25, -0.2) is 4.68 Å². The standard InChI is InChI=1S/C13H21N3O3/c1-5-15(6-2)11-7-12(17)16(14-8-11)9-13(18)19-10(3)4/h7-8,10H,5-6,9H2,1-4H3. The Morgan fingerprint density at radius 3 is 2.53 bits per heavy atom. The van der Waals surface area contributed by atoms with E-state index in [1.165, 1.54) is 6.07 Å². The Bertz CT molecular complexity index is 478. The van der Waals surface area contributed by atoms with E-state index in [-0.39, 0.29) is 18.2 Å². The Balaban J connectivity index is 2.83. The van der Waals surface area contributed by atoms with Crippen LogP contribution in [0.2, 0.25) is 0 Å². The number of carbonyl (C=O) groups is 1. The molecule has 6 heteroatoms. The fourth-order valence-corrected chi connectivity index (χ4v) is 1.73. The Kier molecular flexibility index (Phi) is 5.54. The van der Waals surface area contributed by atoms with Gasteiger partial charge in [0.1, 0.15) is 6.54 Å². The summed E-state index contributed by atoms with van der Waals surface area (Å²) in [7, 11) is 0. The molecule has 106 valence electrons. The molecule has 0 radical (unpaired) electrons. The minimum absolute atomic E-state index is 0.157. The van der Waals surface area contributed by atoms with Crippen LogP contribution in [-0.2, 0) is 16.1 Å². The number of rotatable bonds is 6. The second-order valence-electron chi connectivity index (χ2n) is 4.42. The summed E-state index contributed by atoms with van der Waals surface area (Å²) in [5.74, 6) is -0.458. The molecular formula is C13H21N3O3. The predicted octanol–water partition coefficient (Wildman–Crippen LogP) is 1.04. The molecule has 1 heterocycles. The van der Waals surface area contributed by atoms with Gasteiger partial charge >= 0.3 is 5.97 Å². The number of anilines is 1. The maximum Gasteiger partial charge on any atom is 0.328 e. The van der Waals surface area contributed by atoms with Crippen LogP contribution in [0.5, 0.6) is 0 Å². The molecule has 1 rings (SSSR count). The third kappa shape index (κ3) is 4.39. The highest BCUT2D eigenvalue weighted by Crippen LogP contribution is 2.08. The van der Waals surface area contributed by atoms with Gasteiger partial charge in [-0.15, -0.1) is 0 Å². The Hall–Kier alpha value is -1.85. The topological polar surface area (TPSA) is 64.4 Å². The summed E-state index contributed by atoms with van der Waals surface area (Å²) in [4.78, 5) is 25.4. The lowest BCUT2D eigenvalue weighted by atomic mass is 10.4. The van der Waals surface area contributed by atoms with E-state index in [1.54, 1.807) is 20.0 Å². The minimum Gasteiger partial charge on any atom is -0.462 e. The van der Waals surface area contributed by atoms with Crippen molar-refractivity contribution in [3.05, 3.63) is 22.6 Å². The van der Waals surface area contributed by atoms with Crippen LogP contribution in [0.25, 0.3) is 0 Å². The molecule has 0 spiro atoms. The zero-order valence-corrected chi connectivity index (χ0v) is 11.9. The maximum atomic E-state index is 11.9. The molecule has 1 aromatic rings. The largest absolute Gasteiger partial charge is 0.462 e. The smallest absolute Gasteiger partial charge is 0.328 e. The van der Waals surface area contributed by atoms with E-state index in [2.05, 4.69) is 5.10 Å². The van der Waals surface area contributed by atoms with Crippen LogP contribution in [0.4, 0.5) is 5.69 Å². The van der Waals surface area contributed by atoms with Gasteiger partial charge in [-0.05, 0) is 27.7 Å². The van der Waals surface area contributed by atoms with Crippen LogP contribution >= 0.6 is 0 Å². The van der Waals surface area contributed by atoms with Crippen molar-refractivity contribution in [2.24, 2.45) is 0 Å². The van der Waals surface area contributed by atoms with Crippen LogP contribution in [-0.4, -0.2) is 34.9 Å². The predicted molar refractivity (Wildman–Crippen MR) is 73.3 cm³/mol. The summed E-state index contributed by atoms with van der Waals surface area (Å²) in [5.41, 5.74) is 0.466. The van der Waals surface area contributed by atoms with Crippen LogP contribution < -0.4 is 10.5 Å². The molecule has 6 nitrogen and oxygen atoms in total. The average Bonchev–Trinajstić information content (AvgIpc) is 2.33. The molecular weight excluding hydrogens is 246 g/mol. The molecule has 0 amide bonds. The molecule has 0 unspecified atom stereocenters. The first-order chi connectivity index (χ1) is 8.97. The van der Waals surface area contributed by atoms with E-state index >= 15 is 0 Å². The average molecular weight is 267 g/mol. The highest BCUT2D eigenvalue weighted by atomic mass is 16.5. The molecule has 0 N–H and O–H groups in total. The van der Waals surface area contributed by atoms with Gasteiger partial charge in [0.25, 0.3) is 5.56 Å². The number of hydrogen-bond donors (Lipinski definition) is 0. The third-order valence-corrected chi connectivity index (χ3v) is 2.63. The van der Waals surface area contributed by atoms with Crippen molar-refractivity contribution in [2.45, 2.75) is 40.3 Å². The van der Waals surface area contributed by atoms with Crippen molar-refractivity contribution in [2.75, 3.05) is 18.0 Å². The molecule has 0 aromatic carbocycles. The van der Waals surface area contributed by atoms with Crippen LogP contribution in [0, 0.1) is 0 Å². The lowest BCUT2D eigenvalue weighted by Gasteiger charge is -2.20. The summed E-state index contributed by atoms with van der Waals surface area (Å²) in [5, 5.41) is 4.00. The number of aromatic nitrogens is 2. The summed E-state index contributed by atoms with van der Waals surface area (Å²) in [6.45, 7) is 8.99. The minimum atomic E-state index is -0.458. The first-order valence-corrected chi connectivity index (χ1v) is 6.49. The van der Waals surface area contributed by atoms with E-state index in [0.717, 1.165) is 23.5 Å². The van der Waals surface area contributed by atoms with Crippen molar-refractivity contribution >= 4 is 11.7 Å². The Labute approximate surface area is 113 Å². The Morgan fingerprint density at radius 1 is 1.42 bits per heavy atom. The first-order valence-electron chi connectivity index (χ1n) is 6.49.